The molecule has 8 bridgehead atoms. The Morgan fingerprint density at radius 2 is 0.510 bits per heavy atom. The Hall–Kier alpha value is -0.640. The van der Waals surface area contributed by atoms with E-state index < -0.39 is 0 Å². The molecule has 7 aliphatic heterocycles. The van der Waals surface area contributed by atoms with Gasteiger partial charge in [-0.2, -0.15) is 0 Å². The van der Waals surface area contributed by atoms with E-state index in [0.29, 0.717) is 65.2 Å². The molecule has 0 amide bonds. The number of hydrogen-bond donors (Lipinski definition) is 10. The highest BCUT2D eigenvalue weighted by molar-refractivity contribution is 5.20. The second kappa shape index (κ2) is 32.4. The number of nitrogens with one attached hydrogen (secondary N) is 10. The summed E-state index contributed by atoms with van der Waals surface area (Å²) in [6.07, 6.45) is 35.3. The predicted octanol–water partition coefficient (Wildman–Crippen LogP) is 11.1. The molecule has 0 radical (unpaired) electrons. The van der Waals surface area contributed by atoms with Crippen LogP contribution in [0, 0.1) is 118 Å². The van der Waals surface area contributed by atoms with Crippen LogP contribution in [0.4, 0.5) is 0 Å². The Labute approximate surface area is 583 Å². The molecular weight excluding hydrogens is 1200 g/mol. The van der Waals surface area contributed by atoms with E-state index in [0.717, 1.165) is 153 Å². The summed E-state index contributed by atoms with van der Waals surface area (Å²) >= 11 is 0. The van der Waals surface area contributed by atoms with Gasteiger partial charge in [0.05, 0.1) is 86.0 Å². The van der Waals surface area contributed by atoms with Crippen LogP contribution in [0.1, 0.15) is 235 Å². The molecule has 7 heterocycles. The Morgan fingerprint density at radius 1 is 0.260 bits per heavy atom. The maximum absolute atomic E-state index is 7.83. The summed E-state index contributed by atoms with van der Waals surface area (Å²) in [6.45, 7) is 26.5. The van der Waals surface area contributed by atoms with Gasteiger partial charge in [-0.05, 0) is 180 Å². The van der Waals surface area contributed by atoms with E-state index >= 15 is 0 Å². The van der Waals surface area contributed by atoms with E-state index in [1.807, 2.05) is 0 Å². The first-order valence-corrected chi connectivity index (χ1v) is 42.5. The summed E-state index contributed by atoms with van der Waals surface area (Å²) in [6, 6.07) is 0.543. The van der Waals surface area contributed by atoms with E-state index in [9.17, 15) is 0 Å². The van der Waals surface area contributed by atoms with Gasteiger partial charge in [-0.15, -0.1) is 0 Å². The van der Waals surface area contributed by atoms with Gasteiger partial charge < -0.3 is 39.1 Å². The van der Waals surface area contributed by atoms with Crippen LogP contribution < -0.4 is 53.2 Å². The van der Waals surface area contributed by atoms with Crippen molar-refractivity contribution in [1.82, 2.24) is 53.2 Å². The third-order valence-electron chi connectivity index (χ3n) is 30.5. The number of hydrogen-bond acceptors (Lipinski definition) is 16. The minimum absolute atomic E-state index is 0.00770. The summed E-state index contributed by atoms with van der Waals surface area (Å²) in [7, 11) is 0. The maximum Gasteiger partial charge on any atom is 0.0792 e. The highest BCUT2D eigenvalue weighted by Gasteiger charge is 2.69. The van der Waals surface area contributed by atoms with Crippen LogP contribution >= 0.6 is 0 Å². The van der Waals surface area contributed by atoms with Crippen molar-refractivity contribution in [2.24, 2.45) is 118 Å². The van der Waals surface area contributed by atoms with Crippen LogP contribution in [0.15, 0.2) is 0 Å². The second-order valence-electron chi connectivity index (χ2n) is 35.4. The molecule has 0 spiro atoms. The van der Waals surface area contributed by atoms with Crippen molar-refractivity contribution >= 4 is 0 Å². The lowest BCUT2D eigenvalue weighted by molar-refractivity contribution is -0.186. The van der Waals surface area contributed by atoms with Gasteiger partial charge in [0.2, 0.25) is 0 Å². The Balaban J connectivity index is 0.897. The smallest absolute Gasteiger partial charge is 0.0792 e. The number of rotatable bonds is 24. The van der Waals surface area contributed by atoms with Crippen LogP contribution in [0.5, 0.6) is 0 Å². The Morgan fingerprint density at radius 3 is 0.865 bits per heavy atom. The molecule has 548 valence electrons. The van der Waals surface area contributed by atoms with E-state index in [-0.39, 0.29) is 127 Å². The molecule has 36 unspecified atom stereocenters. The molecule has 8 saturated carbocycles. The minimum Gasteiger partial charge on any atom is -0.378 e. The highest BCUT2D eigenvalue weighted by Crippen LogP contribution is 2.61. The number of piperidine rings is 2. The summed E-state index contributed by atoms with van der Waals surface area (Å²) in [5.74, 6) is 9.18. The normalized spacial score (nSPS) is 50.8. The van der Waals surface area contributed by atoms with Gasteiger partial charge in [0.15, 0.2) is 0 Å². The fourth-order valence-corrected chi connectivity index (χ4v) is 26.2. The SMILES string of the molecule is CCCCOC1C2CC3CCCCC3CC2C(C)C2C3NC(NC4NC(NC5NC(NC6NC(N3)C3C(OCCCC)C7CCCNC7C(OCCCC)C63)C3C(C)C6CCCNC6C(OCCCC)C53)C3C(OCCCC)C5CC6CCCCC6CC5C(OCCCC)C43)C12. The van der Waals surface area contributed by atoms with E-state index in [2.05, 4.69) is 76.7 Å². The largest absolute Gasteiger partial charge is 0.378 e. The van der Waals surface area contributed by atoms with Crippen molar-refractivity contribution in [2.45, 2.75) is 333 Å². The Bertz CT molecular complexity index is 2420. The van der Waals surface area contributed by atoms with Crippen LogP contribution in [-0.4, -0.2) is 151 Å². The second-order valence-corrected chi connectivity index (χ2v) is 35.4. The molecule has 7 saturated heterocycles. The lowest BCUT2D eigenvalue weighted by atomic mass is 9.52. The highest BCUT2D eigenvalue weighted by atomic mass is 16.5. The molecule has 10 N–H and O–H groups in total. The van der Waals surface area contributed by atoms with Crippen LogP contribution in [-0.2, 0) is 28.4 Å². The molecule has 36 atom stereocenters. The first kappa shape index (κ1) is 71.0. The number of unbranched alkanes of at least 4 members (excludes halogenated alkanes) is 6. The van der Waals surface area contributed by atoms with Crippen molar-refractivity contribution in [3.05, 3.63) is 0 Å². The lowest BCUT2D eigenvalue weighted by Crippen LogP contribution is -2.67. The van der Waals surface area contributed by atoms with Gasteiger partial charge in [0, 0.05) is 93.2 Å². The van der Waals surface area contributed by atoms with Gasteiger partial charge in [0.25, 0.3) is 0 Å². The number of fused-ring (bicyclic) bond motifs is 26. The zero-order chi connectivity index (χ0) is 65.6. The third kappa shape index (κ3) is 13.7. The average molecular weight is 1340 g/mol. The number of ether oxygens (including phenoxy) is 6. The maximum atomic E-state index is 7.83. The zero-order valence-corrected chi connectivity index (χ0v) is 61.7. The summed E-state index contributed by atoms with van der Waals surface area (Å²) < 4.78 is 46.3. The fourth-order valence-electron chi connectivity index (χ4n) is 26.2. The minimum atomic E-state index is -0.0355. The van der Waals surface area contributed by atoms with Crippen molar-refractivity contribution in [3.63, 3.8) is 0 Å². The van der Waals surface area contributed by atoms with E-state index in [1.54, 1.807) is 0 Å². The van der Waals surface area contributed by atoms with Crippen molar-refractivity contribution in [3.8, 4) is 0 Å². The lowest BCUT2D eigenvalue weighted by Gasteiger charge is -2.57. The monoisotopic (exact) mass is 1340 g/mol. The molecule has 16 heteroatoms. The van der Waals surface area contributed by atoms with Crippen molar-refractivity contribution < 1.29 is 28.4 Å². The summed E-state index contributed by atoms with van der Waals surface area (Å²) in [5.41, 5.74) is 0. The van der Waals surface area contributed by atoms with Crippen molar-refractivity contribution in [1.29, 1.82) is 0 Å². The Kier molecular flexibility index (Phi) is 23.9. The third-order valence-corrected chi connectivity index (χ3v) is 30.5. The molecular formula is C80H142N10O6. The quantitative estimate of drug-likeness (QED) is 0.0413. The molecule has 0 aromatic heterocycles. The van der Waals surface area contributed by atoms with Crippen LogP contribution in [0.2, 0.25) is 0 Å². The zero-order valence-electron chi connectivity index (χ0n) is 61.7. The summed E-state index contributed by atoms with van der Waals surface area (Å²) in [4.78, 5) is 0. The van der Waals surface area contributed by atoms with E-state index in [1.165, 1.54) is 103 Å². The molecule has 0 aromatic rings. The molecule has 15 rings (SSSR count). The van der Waals surface area contributed by atoms with E-state index in [4.69, 9.17) is 60.3 Å². The topological polar surface area (TPSA) is 176 Å². The average Bonchev–Trinajstić information content (AvgIpc) is 1.03. The van der Waals surface area contributed by atoms with Crippen LogP contribution in [0.25, 0.3) is 0 Å². The van der Waals surface area contributed by atoms with Gasteiger partial charge in [-0.1, -0.05) is 145 Å². The summed E-state index contributed by atoms with van der Waals surface area (Å²) in [5, 5.41) is 46.2. The molecule has 15 fully saturated rings. The van der Waals surface area contributed by atoms with Gasteiger partial charge in [-0.3, -0.25) is 42.5 Å². The standard InChI is InChI=1S/C80H142N10O6/c1-9-15-35-91-67-52-32-26-34-82-66(52)72(96-40-20-14-6)64-63(67)79-85-74-58-46(8)53-41-47-27-21-22-28-48(47)42-54(53)68(92-36-16-10-2)59(58)75(83-74)87-77-61-62(70(94-38-18-12-4)56-44-50-30-24-23-29-49(50)43-55(56)69(61)93-37-17-11-3)78(89-77)88-76-60-57(73(84-76)86-80(64)90-79)45(7)51-31-25-33-81-65(51)71(60)95-39-19-13-5/h45-90H,9-44H2,1-8H3. The van der Waals surface area contributed by atoms with Gasteiger partial charge >= 0.3 is 0 Å². The molecule has 15 aliphatic rings. The molecule has 8 aliphatic carbocycles. The van der Waals surface area contributed by atoms with Crippen LogP contribution in [0.3, 0.4) is 0 Å². The van der Waals surface area contributed by atoms with Crippen molar-refractivity contribution in [2.75, 3.05) is 52.7 Å². The predicted molar refractivity (Wildman–Crippen MR) is 382 cm³/mol. The first-order valence-electron chi connectivity index (χ1n) is 42.5. The first-order chi connectivity index (χ1) is 47.2. The molecule has 96 heavy (non-hydrogen) atoms. The molecule has 16 nitrogen and oxygen atoms in total. The van der Waals surface area contributed by atoms with Gasteiger partial charge in [0.1, 0.15) is 0 Å². The van der Waals surface area contributed by atoms with Gasteiger partial charge in [-0.25, -0.2) is 0 Å². The molecule has 0 aromatic carbocycles. The fraction of sp³-hybridized carbons (Fsp3) is 1.00.